The van der Waals surface area contributed by atoms with Crippen molar-refractivity contribution in [2.75, 3.05) is 6.61 Å². The first-order valence-corrected chi connectivity index (χ1v) is 5.72. The summed E-state index contributed by atoms with van der Waals surface area (Å²) in [5.41, 5.74) is 1.38. The van der Waals surface area contributed by atoms with Crippen LogP contribution in [0.15, 0.2) is 12.1 Å². The lowest BCUT2D eigenvalue weighted by Crippen LogP contribution is -2.29. The van der Waals surface area contributed by atoms with Crippen molar-refractivity contribution >= 4 is 0 Å². The summed E-state index contributed by atoms with van der Waals surface area (Å²) in [6.07, 6.45) is 2.31. The van der Waals surface area contributed by atoms with Crippen LogP contribution in [0.1, 0.15) is 31.4 Å². The molecule has 0 spiro atoms. The second-order valence-corrected chi connectivity index (χ2v) is 4.71. The topological polar surface area (TPSA) is 49.7 Å². The lowest BCUT2D eigenvalue weighted by molar-refractivity contribution is -0.0235. The summed E-state index contributed by atoms with van der Waals surface area (Å²) in [4.78, 5) is 0. The van der Waals surface area contributed by atoms with Gasteiger partial charge in [0.05, 0.1) is 5.60 Å². The molecule has 0 amide bonds. The molecule has 16 heavy (non-hydrogen) atoms. The maximum absolute atomic E-state index is 9.75. The normalized spacial score (nSPS) is 17.4. The highest BCUT2D eigenvalue weighted by atomic mass is 16.5. The van der Waals surface area contributed by atoms with Crippen LogP contribution in [-0.4, -0.2) is 22.4 Å². The van der Waals surface area contributed by atoms with Gasteiger partial charge in [0, 0.05) is 30.6 Å². The molecule has 0 aromatic heterocycles. The predicted molar refractivity (Wildman–Crippen MR) is 61.8 cm³/mol. The second kappa shape index (κ2) is 3.98. The first-order valence-electron chi connectivity index (χ1n) is 5.72. The molecule has 0 saturated heterocycles. The summed E-state index contributed by atoms with van der Waals surface area (Å²) in [7, 11) is 0. The summed E-state index contributed by atoms with van der Waals surface area (Å²) >= 11 is 0. The fourth-order valence-corrected chi connectivity index (χ4v) is 2.32. The van der Waals surface area contributed by atoms with Crippen molar-refractivity contribution in [2.24, 2.45) is 0 Å². The van der Waals surface area contributed by atoms with Crippen LogP contribution in [0.4, 0.5) is 0 Å². The molecule has 3 nitrogen and oxygen atoms in total. The second-order valence-electron chi connectivity index (χ2n) is 4.71. The zero-order chi connectivity index (χ0) is 11.8. The molecule has 1 aliphatic carbocycles. The molecular formula is C13H18O3. The first kappa shape index (κ1) is 11.3. The van der Waals surface area contributed by atoms with Crippen LogP contribution in [0.2, 0.25) is 0 Å². The zero-order valence-corrected chi connectivity index (χ0v) is 9.79. The highest BCUT2D eigenvalue weighted by Crippen LogP contribution is 2.41. The number of aromatic hydroxyl groups is 2. The molecule has 3 heteroatoms. The Bertz CT molecular complexity index is 367. The molecule has 0 radical (unpaired) electrons. The average Bonchev–Trinajstić information content (AvgIpc) is 2.61. The van der Waals surface area contributed by atoms with Gasteiger partial charge in [-0.3, -0.25) is 0 Å². The van der Waals surface area contributed by atoms with E-state index in [0.717, 1.165) is 17.5 Å². The fraction of sp³-hybridized carbons (Fsp3) is 0.538. The average molecular weight is 222 g/mol. The number of rotatable bonds is 3. The Morgan fingerprint density at radius 3 is 2.12 bits per heavy atom. The molecule has 1 aromatic rings. The van der Waals surface area contributed by atoms with E-state index < -0.39 is 0 Å². The van der Waals surface area contributed by atoms with Gasteiger partial charge in [-0.1, -0.05) is 6.92 Å². The largest absolute Gasteiger partial charge is 0.508 e. The molecule has 0 bridgehead atoms. The van der Waals surface area contributed by atoms with Crippen molar-refractivity contribution in [3.05, 3.63) is 23.3 Å². The molecule has 2 N–H and O–H groups in total. The highest BCUT2D eigenvalue weighted by Gasteiger charge is 2.36. The van der Waals surface area contributed by atoms with E-state index in [2.05, 4.69) is 6.92 Å². The third kappa shape index (κ3) is 1.87. The number of hydrogen-bond acceptors (Lipinski definition) is 3. The maximum Gasteiger partial charge on any atom is 0.119 e. The van der Waals surface area contributed by atoms with Gasteiger partial charge >= 0.3 is 0 Å². The summed E-state index contributed by atoms with van der Waals surface area (Å²) in [5, 5.41) is 19.5. The Kier molecular flexibility index (Phi) is 2.80. The Labute approximate surface area is 95.7 Å². The van der Waals surface area contributed by atoms with Crippen molar-refractivity contribution in [1.29, 1.82) is 0 Å². The van der Waals surface area contributed by atoms with Crippen molar-refractivity contribution in [2.45, 2.75) is 38.7 Å². The number of phenolic OH excluding ortho intramolecular Hbond substituents is 2. The van der Waals surface area contributed by atoms with Gasteiger partial charge in [-0.05, 0) is 25.5 Å². The Hall–Kier alpha value is -1.22. The Morgan fingerprint density at radius 1 is 1.19 bits per heavy atom. The minimum Gasteiger partial charge on any atom is -0.508 e. The van der Waals surface area contributed by atoms with Gasteiger partial charge in [0.15, 0.2) is 0 Å². The molecule has 0 saturated carbocycles. The zero-order valence-electron chi connectivity index (χ0n) is 9.79. The number of benzene rings is 1. The van der Waals surface area contributed by atoms with E-state index in [-0.39, 0.29) is 17.1 Å². The third-order valence-electron chi connectivity index (χ3n) is 3.14. The number of fused-ring (bicyclic) bond motifs is 1. The molecule has 0 aliphatic heterocycles. The number of hydrogen-bond donors (Lipinski definition) is 2. The molecule has 0 unspecified atom stereocenters. The van der Waals surface area contributed by atoms with Crippen LogP contribution in [0.5, 0.6) is 11.5 Å². The van der Waals surface area contributed by atoms with Gasteiger partial charge in [-0.15, -0.1) is 0 Å². The molecule has 1 aromatic carbocycles. The Balaban J connectivity index is 2.26. The van der Waals surface area contributed by atoms with E-state index >= 15 is 0 Å². The van der Waals surface area contributed by atoms with Crippen molar-refractivity contribution in [3.63, 3.8) is 0 Å². The number of phenols is 2. The van der Waals surface area contributed by atoms with Crippen LogP contribution < -0.4 is 0 Å². The summed E-state index contributed by atoms with van der Waals surface area (Å²) in [5.74, 6) is 0.522. The molecule has 2 rings (SSSR count). The van der Waals surface area contributed by atoms with E-state index in [9.17, 15) is 10.2 Å². The smallest absolute Gasteiger partial charge is 0.119 e. The summed E-state index contributed by atoms with van der Waals surface area (Å²) in [6, 6.07) is 3.08. The summed E-state index contributed by atoms with van der Waals surface area (Å²) < 4.78 is 5.81. The van der Waals surface area contributed by atoms with Gasteiger partial charge in [0.1, 0.15) is 11.5 Å². The van der Waals surface area contributed by atoms with E-state index in [0.29, 0.717) is 19.4 Å². The lowest BCUT2D eigenvalue weighted by Gasteiger charge is -2.24. The lowest BCUT2D eigenvalue weighted by atomic mass is 10.0. The van der Waals surface area contributed by atoms with Gasteiger partial charge in [-0.2, -0.15) is 0 Å². The van der Waals surface area contributed by atoms with Gasteiger partial charge < -0.3 is 14.9 Å². The molecule has 0 heterocycles. The van der Waals surface area contributed by atoms with Crippen LogP contribution in [0.25, 0.3) is 0 Å². The molecule has 1 aliphatic rings. The molecule has 0 fully saturated rings. The van der Waals surface area contributed by atoms with Gasteiger partial charge in [0.2, 0.25) is 0 Å². The predicted octanol–water partition coefficient (Wildman–Crippen LogP) is 2.38. The minimum atomic E-state index is -0.283. The standard InChI is InChI=1S/C13H18O3/c1-3-6-16-13(2)7-9-10(8-13)12(15)5-4-11(9)14/h4-5,14-15H,3,6-8H2,1-2H3. The van der Waals surface area contributed by atoms with Gasteiger partial charge in [0.25, 0.3) is 0 Å². The third-order valence-corrected chi connectivity index (χ3v) is 3.14. The highest BCUT2D eigenvalue weighted by molar-refractivity contribution is 5.51. The summed E-state index contributed by atoms with van der Waals surface area (Å²) in [6.45, 7) is 4.81. The van der Waals surface area contributed by atoms with E-state index in [4.69, 9.17) is 4.74 Å². The van der Waals surface area contributed by atoms with Crippen molar-refractivity contribution in [1.82, 2.24) is 0 Å². The first-order chi connectivity index (χ1) is 7.56. The van der Waals surface area contributed by atoms with Crippen LogP contribution in [0, 0.1) is 0 Å². The Morgan fingerprint density at radius 2 is 1.69 bits per heavy atom. The quantitative estimate of drug-likeness (QED) is 0.772. The molecular weight excluding hydrogens is 204 g/mol. The fourth-order valence-electron chi connectivity index (χ4n) is 2.32. The van der Waals surface area contributed by atoms with Gasteiger partial charge in [-0.25, -0.2) is 0 Å². The monoisotopic (exact) mass is 222 g/mol. The number of ether oxygens (including phenoxy) is 1. The van der Waals surface area contributed by atoms with E-state index in [1.807, 2.05) is 6.92 Å². The van der Waals surface area contributed by atoms with E-state index in [1.54, 1.807) is 12.1 Å². The van der Waals surface area contributed by atoms with Crippen LogP contribution in [0.3, 0.4) is 0 Å². The van der Waals surface area contributed by atoms with E-state index in [1.165, 1.54) is 0 Å². The van der Waals surface area contributed by atoms with Crippen LogP contribution in [-0.2, 0) is 17.6 Å². The SMILES string of the molecule is CCCOC1(C)Cc2c(O)ccc(O)c2C1. The molecule has 88 valence electrons. The minimum absolute atomic E-state index is 0.261. The van der Waals surface area contributed by atoms with Crippen molar-refractivity contribution < 1.29 is 14.9 Å². The van der Waals surface area contributed by atoms with Crippen molar-refractivity contribution in [3.8, 4) is 11.5 Å². The van der Waals surface area contributed by atoms with Crippen LogP contribution >= 0.6 is 0 Å². The maximum atomic E-state index is 9.75. The molecule has 0 atom stereocenters.